The second-order valence-corrected chi connectivity index (χ2v) is 6.81. The van der Waals surface area contributed by atoms with Crippen LogP contribution in [0.3, 0.4) is 0 Å². The number of aryl methyl sites for hydroxylation is 1. The Kier molecular flexibility index (Phi) is 6.86. The molecule has 0 fully saturated rings. The third-order valence-electron chi connectivity index (χ3n) is 3.78. The van der Waals surface area contributed by atoms with Crippen LogP contribution in [0.4, 0.5) is 11.6 Å². The lowest BCUT2D eigenvalue weighted by Crippen LogP contribution is -2.36. The molecule has 0 saturated heterocycles. The molecule has 0 aliphatic rings. The van der Waals surface area contributed by atoms with Gasteiger partial charge in [-0.3, -0.25) is 19.8 Å². The van der Waals surface area contributed by atoms with Gasteiger partial charge in [-0.15, -0.1) is 0 Å². The van der Waals surface area contributed by atoms with Gasteiger partial charge in [0.2, 0.25) is 17.7 Å². The van der Waals surface area contributed by atoms with Gasteiger partial charge in [-0.25, -0.2) is 0 Å². The molecule has 0 unspecified atom stereocenters. The van der Waals surface area contributed by atoms with Gasteiger partial charge in [0.15, 0.2) is 0 Å². The van der Waals surface area contributed by atoms with Crippen LogP contribution < -0.4 is 10.6 Å². The fourth-order valence-electron chi connectivity index (χ4n) is 2.34. The zero-order valence-corrected chi connectivity index (χ0v) is 16.5. The highest BCUT2D eigenvalue weighted by molar-refractivity contribution is 6.42. The molecule has 0 atom stereocenters. The Morgan fingerprint density at radius 2 is 1.78 bits per heavy atom. The normalized spacial score (nSPS) is 10.6. The van der Waals surface area contributed by atoms with Crippen molar-refractivity contribution in [2.75, 3.05) is 30.8 Å². The third-order valence-corrected chi connectivity index (χ3v) is 4.52. The molecule has 1 aromatic carbocycles. The first kappa shape index (κ1) is 20.8. The Morgan fingerprint density at radius 1 is 1.15 bits per heavy atom. The summed E-state index contributed by atoms with van der Waals surface area (Å²) in [5, 5.41) is 15.1. The number of hydrogen-bond donors (Lipinski definition) is 2. The molecular weight excluding hydrogens is 391 g/mol. The summed E-state index contributed by atoms with van der Waals surface area (Å²) >= 11 is 11.7. The lowest BCUT2D eigenvalue weighted by atomic mass is 10.2. The largest absolute Gasteiger partial charge is 0.444 e. The van der Waals surface area contributed by atoms with Crippen LogP contribution >= 0.6 is 23.2 Å². The van der Waals surface area contributed by atoms with Gasteiger partial charge in [0.1, 0.15) is 17.4 Å². The van der Waals surface area contributed by atoms with Crippen LogP contribution in [-0.2, 0) is 9.59 Å². The molecular formula is C18H18Cl2N4O3. The number of amides is 2. The molecule has 27 heavy (non-hydrogen) atoms. The number of anilines is 2. The first-order valence-electron chi connectivity index (χ1n) is 7.94. The molecule has 2 rings (SSSR count). The molecule has 7 nitrogen and oxygen atoms in total. The molecule has 2 amide bonds. The lowest BCUT2D eigenvalue weighted by molar-refractivity contribution is -0.119. The number of carbonyl (C=O) groups is 2. The van der Waals surface area contributed by atoms with Crippen LogP contribution in [-0.4, -0.2) is 36.9 Å². The molecule has 0 bridgehead atoms. The van der Waals surface area contributed by atoms with Crippen molar-refractivity contribution >= 4 is 46.6 Å². The van der Waals surface area contributed by atoms with E-state index in [0.29, 0.717) is 32.6 Å². The predicted octanol–water partition coefficient (Wildman–Crippen LogP) is 3.58. The summed E-state index contributed by atoms with van der Waals surface area (Å²) in [4.78, 5) is 25.8. The SMILES string of the molecule is Cc1oc(NC(=O)CN(C)CC(=O)Nc2ccc(Cl)c(Cl)c2)c(C#N)c1C. The van der Waals surface area contributed by atoms with Gasteiger partial charge in [-0.05, 0) is 39.1 Å². The molecule has 2 N–H and O–H groups in total. The van der Waals surface area contributed by atoms with Gasteiger partial charge in [-0.2, -0.15) is 5.26 Å². The van der Waals surface area contributed by atoms with E-state index < -0.39 is 5.91 Å². The van der Waals surface area contributed by atoms with Gasteiger partial charge in [-0.1, -0.05) is 23.2 Å². The van der Waals surface area contributed by atoms with Crippen LogP contribution in [0.25, 0.3) is 0 Å². The van der Waals surface area contributed by atoms with Crippen molar-refractivity contribution in [2.45, 2.75) is 13.8 Å². The van der Waals surface area contributed by atoms with Gasteiger partial charge >= 0.3 is 0 Å². The van der Waals surface area contributed by atoms with Crippen molar-refractivity contribution in [1.82, 2.24) is 4.90 Å². The standard InChI is InChI=1S/C18H18Cl2N4O3/c1-10-11(2)27-18(13(10)7-21)23-17(26)9-24(3)8-16(25)22-12-4-5-14(19)15(20)6-12/h4-6H,8-9H2,1-3H3,(H,22,25)(H,23,26). The number of rotatable bonds is 6. The molecule has 0 aliphatic heterocycles. The lowest BCUT2D eigenvalue weighted by Gasteiger charge is -2.15. The first-order valence-corrected chi connectivity index (χ1v) is 8.70. The van der Waals surface area contributed by atoms with Crippen LogP contribution in [0.5, 0.6) is 0 Å². The summed E-state index contributed by atoms with van der Waals surface area (Å²) in [6.07, 6.45) is 0. The maximum absolute atomic E-state index is 12.1. The zero-order chi connectivity index (χ0) is 20.1. The van der Waals surface area contributed by atoms with Crippen molar-refractivity contribution < 1.29 is 14.0 Å². The monoisotopic (exact) mass is 408 g/mol. The second kappa shape index (κ2) is 8.91. The Morgan fingerprint density at radius 3 is 2.37 bits per heavy atom. The summed E-state index contributed by atoms with van der Waals surface area (Å²) in [7, 11) is 1.62. The van der Waals surface area contributed by atoms with Crippen LogP contribution in [0.15, 0.2) is 22.6 Å². The highest BCUT2D eigenvalue weighted by Gasteiger charge is 2.18. The van der Waals surface area contributed by atoms with E-state index in [-0.39, 0.29) is 24.9 Å². The molecule has 0 aliphatic carbocycles. The number of nitriles is 1. The topological polar surface area (TPSA) is 98.4 Å². The van der Waals surface area contributed by atoms with Crippen molar-refractivity contribution in [1.29, 1.82) is 5.26 Å². The first-order chi connectivity index (χ1) is 12.7. The number of nitrogens with one attached hydrogen (secondary N) is 2. The van der Waals surface area contributed by atoms with E-state index in [0.717, 1.165) is 0 Å². The molecule has 2 aromatic rings. The van der Waals surface area contributed by atoms with Gasteiger partial charge in [0.05, 0.1) is 23.1 Å². The summed E-state index contributed by atoms with van der Waals surface area (Å²) in [5.74, 6) is -0.0291. The minimum Gasteiger partial charge on any atom is -0.444 e. The Balaban J connectivity index is 1.89. The highest BCUT2D eigenvalue weighted by Crippen LogP contribution is 2.26. The van der Waals surface area contributed by atoms with E-state index >= 15 is 0 Å². The minimum atomic E-state index is -0.398. The van der Waals surface area contributed by atoms with E-state index in [9.17, 15) is 9.59 Å². The number of likely N-dealkylation sites (N-methyl/N-ethyl adjacent to an activating group) is 1. The molecule has 0 saturated carbocycles. The van der Waals surface area contributed by atoms with Crippen LogP contribution in [0.1, 0.15) is 16.9 Å². The van der Waals surface area contributed by atoms with Crippen molar-refractivity contribution in [3.05, 3.63) is 45.1 Å². The molecule has 0 radical (unpaired) electrons. The van der Waals surface area contributed by atoms with E-state index in [1.54, 1.807) is 39.1 Å². The van der Waals surface area contributed by atoms with Crippen molar-refractivity contribution in [2.24, 2.45) is 0 Å². The number of hydrogen-bond acceptors (Lipinski definition) is 5. The third kappa shape index (κ3) is 5.47. The van der Waals surface area contributed by atoms with E-state index in [4.69, 9.17) is 32.9 Å². The molecule has 142 valence electrons. The van der Waals surface area contributed by atoms with Crippen molar-refractivity contribution in [3.8, 4) is 6.07 Å². The van der Waals surface area contributed by atoms with Crippen LogP contribution in [0, 0.1) is 25.2 Å². The number of benzene rings is 1. The Hall–Kier alpha value is -2.53. The minimum absolute atomic E-state index is 0.0189. The fourth-order valence-corrected chi connectivity index (χ4v) is 2.63. The average molecular weight is 409 g/mol. The second-order valence-electron chi connectivity index (χ2n) is 6.00. The Bertz CT molecular complexity index is 918. The quantitative estimate of drug-likeness (QED) is 0.760. The predicted molar refractivity (Wildman–Crippen MR) is 104 cm³/mol. The van der Waals surface area contributed by atoms with Gasteiger partial charge in [0.25, 0.3) is 0 Å². The number of furan rings is 1. The maximum Gasteiger partial charge on any atom is 0.240 e. The molecule has 1 heterocycles. The number of halogens is 2. The highest BCUT2D eigenvalue weighted by atomic mass is 35.5. The Labute approximate surface area is 166 Å². The summed E-state index contributed by atoms with van der Waals surface area (Å²) in [6, 6.07) is 6.76. The molecule has 0 spiro atoms. The van der Waals surface area contributed by atoms with E-state index in [1.165, 1.54) is 4.90 Å². The van der Waals surface area contributed by atoms with E-state index in [2.05, 4.69) is 10.6 Å². The fraction of sp³-hybridized carbons (Fsp3) is 0.278. The van der Waals surface area contributed by atoms with Gasteiger partial charge in [0, 0.05) is 11.3 Å². The zero-order valence-electron chi connectivity index (χ0n) is 15.0. The summed E-state index contributed by atoms with van der Waals surface area (Å²) < 4.78 is 5.39. The average Bonchev–Trinajstić information content (AvgIpc) is 2.83. The summed E-state index contributed by atoms with van der Waals surface area (Å²) in [6.45, 7) is 3.38. The smallest absolute Gasteiger partial charge is 0.240 e. The van der Waals surface area contributed by atoms with Gasteiger partial charge < -0.3 is 9.73 Å². The molecule has 9 heteroatoms. The van der Waals surface area contributed by atoms with Crippen molar-refractivity contribution in [3.63, 3.8) is 0 Å². The van der Waals surface area contributed by atoms with E-state index in [1.807, 2.05) is 6.07 Å². The molecule has 1 aromatic heterocycles. The maximum atomic E-state index is 12.1. The summed E-state index contributed by atoms with van der Waals surface area (Å²) in [5.41, 5.74) is 1.48. The number of carbonyl (C=O) groups excluding carboxylic acids is 2. The number of nitrogens with zero attached hydrogens (tertiary/aromatic N) is 2. The van der Waals surface area contributed by atoms with Crippen LogP contribution in [0.2, 0.25) is 10.0 Å².